The van der Waals surface area contributed by atoms with Gasteiger partial charge in [0.1, 0.15) is 23.6 Å². The van der Waals surface area contributed by atoms with E-state index in [1.54, 1.807) is 18.2 Å². The number of nitriles is 1. The molecule has 3 heterocycles. The summed E-state index contributed by atoms with van der Waals surface area (Å²) < 4.78 is 49.3. The van der Waals surface area contributed by atoms with E-state index < -0.39 is 29.3 Å². The minimum absolute atomic E-state index is 0.0712. The zero-order chi connectivity index (χ0) is 27.5. The maximum Gasteiger partial charge on any atom is 0.266 e. The summed E-state index contributed by atoms with van der Waals surface area (Å²) in [5.74, 6) is -0.353. The molecule has 2 aliphatic heterocycles. The van der Waals surface area contributed by atoms with E-state index in [0.717, 1.165) is 17.3 Å². The predicted octanol–water partition coefficient (Wildman–Crippen LogP) is 4.03. The van der Waals surface area contributed by atoms with E-state index in [9.17, 15) is 23.2 Å². The fraction of sp³-hybridized carbons (Fsp3) is 0.429. The van der Waals surface area contributed by atoms with Crippen molar-refractivity contribution in [2.45, 2.75) is 38.3 Å². The molecule has 1 aliphatic carbocycles. The molecule has 3 aliphatic rings. The van der Waals surface area contributed by atoms with Gasteiger partial charge in [-0.1, -0.05) is 18.2 Å². The van der Waals surface area contributed by atoms with E-state index in [1.165, 1.54) is 12.1 Å². The summed E-state index contributed by atoms with van der Waals surface area (Å²) in [4.78, 5) is 26.0. The number of aromatic nitrogens is 2. The number of carbonyl (C=O) groups is 1. The van der Waals surface area contributed by atoms with E-state index in [0.29, 0.717) is 55.7 Å². The lowest BCUT2D eigenvalue weighted by atomic mass is 10.0. The molecule has 0 N–H and O–H groups in total. The fourth-order valence-corrected chi connectivity index (χ4v) is 5.54. The Balaban J connectivity index is 1.36. The van der Waals surface area contributed by atoms with Crippen molar-refractivity contribution in [3.05, 3.63) is 59.1 Å². The second kappa shape index (κ2) is 9.29. The number of benzene rings is 2. The molecule has 1 saturated carbocycles. The summed E-state index contributed by atoms with van der Waals surface area (Å²) in [5.41, 5.74) is 0.575. The Morgan fingerprint density at radius 3 is 2.74 bits per heavy atom. The third-order valence-electron chi connectivity index (χ3n) is 7.99. The minimum Gasteiger partial charge on any atom is -0.489 e. The third kappa shape index (κ3) is 4.18. The van der Waals surface area contributed by atoms with E-state index in [2.05, 4.69) is 20.9 Å². The van der Waals surface area contributed by atoms with Gasteiger partial charge in [-0.05, 0) is 25.8 Å². The summed E-state index contributed by atoms with van der Waals surface area (Å²) >= 11 is 0. The van der Waals surface area contributed by atoms with Crippen LogP contribution in [0.15, 0.2) is 41.7 Å². The number of alkyl halides is 2. The zero-order valence-electron chi connectivity index (χ0n) is 21.6. The van der Waals surface area contributed by atoms with Crippen molar-refractivity contribution < 1.29 is 22.7 Å². The average molecular weight is 537 g/mol. The molecule has 2 atom stereocenters. The molecule has 6 rings (SSSR count). The Kier molecular flexibility index (Phi) is 6.01. The maximum absolute atomic E-state index is 14.8. The fourth-order valence-electron chi connectivity index (χ4n) is 5.54. The quantitative estimate of drug-likeness (QED) is 0.503. The number of nitrogens with zero attached hydrogens (tertiary/aromatic N) is 6. The van der Waals surface area contributed by atoms with Crippen molar-refractivity contribution in [1.82, 2.24) is 14.5 Å². The molecule has 0 bridgehead atoms. The second-order valence-corrected chi connectivity index (χ2v) is 10.5. The lowest BCUT2D eigenvalue weighted by Crippen LogP contribution is -2.59. The summed E-state index contributed by atoms with van der Waals surface area (Å²) in [6, 6.07) is 9.16. The first-order valence-corrected chi connectivity index (χ1v) is 12.9. The van der Waals surface area contributed by atoms with Crippen LogP contribution in [0, 0.1) is 22.6 Å². The topological polar surface area (TPSA) is 86.8 Å². The van der Waals surface area contributed by atoms with Gasteiger partial charge in [0.15, 0.2) is 5.49 Å². The number of ether oxygens (including phenoxy) is 1. The van der Waals surface area contributed by atoms with Crippen LogP contribution in [0.4, 0.5) is 18.9 Å². The van der Waals surface area contributed by atoms with Crippen LogP contribution in [0.2, 0.25) is 0 Å². The van der Waals surface area contributed by atoms with Gasteiger partial charge in [0.25, 0.3) is 6.43 Å². The molecule has 8 nitrogen and oxygen atoms in total. The summed E-state index contributed by atoms with van der Waals surface area (Å²) in [6.07, 6.45) is -0.0880. The standard InChI is InChI=1S/C28H27F3N6O2/c1-16(18-4-3-5-19(24(18)29)25(30)31)34-26-20-10-22-23(11-21(20)35(2)15-33-26)39-13-17-12-36(8-9-37(17)22)27(38)28(14-32)6-7-28/h3-5,10-11,15-17,25H,6-9,12-13H2,1-2H3/t16-,17-/m1/s1. The van der Waals surface area contributed by atoms with Gasteiger partial charge in [-0.3, -0.25) is 9.79 Å². The molecular weight excluding hydrogens is 509 g/mol. The van der Waals surface area contributed by atoms with Gasteiger partial charge in [-0.15, -0.1) is 0 Å². The summed E-state index contributed by atoms with van der Waals surface area (Å²) in [5, 5.41) is 10.2. The molecule has 1 aromatic heterocycles. The monoisotopic (exact) mass is 536 g/mol. The first-order valence-electron chi connectivity index (χ1n) is 12.9. The van der Waals surface area contributed by atoms with Crippen LogP contribution >= 0.6 is 0 Å². The molecule has 1 amide bonds. The molecular formula is C28H27F3N6O2. The van der Waals surface area contributed by atoms with Gasteiger partial charge >= 0.3 is 0 Å². The summed E-state index contributed by atoms with van der Waals surface area (Å²) in [6.45, 7) is 3.61. The van der Waals surface area contributed by atoms with Crippen LogP contribution in [0.5, 0.6) is 5.75 Å². The average Bonchev–Trinajstić information content (AvgIpc) is 3.74. The number of hydrogen-bond acceptors (Lipinski definition) is 6. The van der Waals surface area contributed by atoms with Crippen molar-refractivity contribution in [2.24, 2.45) is 17.5 Å². The summed E-state index contributed by atoms with van der Waals surface area (Å²) in [7, 11) is 1.85. The maximum atomic E-state index is 14.8. The van der Waals surface area contributed by atoms with Crippen LogP contribution in [-0.4, -0.2) is 52.6 Å². The number of halogens is 3. The van der Waals surface area contributed by atoms with Crippen LogP contribution in [0.3, 0.4) is 0 Å². The Hall–Kier alpha value is -4.07. The first-order chi connectivity index (χ1) is 18.7. The predicted molar refractivity (Wildman–Crippen MR) is 137 cm³/mol. The van der Waals surface area contributed by atoms with Gasteiger partial charge in [0.05, 0.1) is 41.2 Å². The Bertz CT molecular complexity index is 1590. The minimum atomic E-state index is -2.92. The Labute approximate surface area is 222 Å². The van der Waals surface area contributed by atoms with E-state index >= 15 is 0 Å². The van der Waals surface area contributed by atoms with Crippen LogP contribution in [0.1, 0.15) is 43.4 Å². The molecule has 0 spiro atoms. The Morgan fingerprint density at radius 2 is 2.03 bits per heavy atom. The highest BCUT2D eigenvalue weighted by Gasteiger charge is 2.53. The highest BCUT2D eigenvalue weighted by atomic mass is 19.3. The van der Waals surface area contributed by atoms with Crippen LogP contribution in [-0.2, 0) is 11.8 Å². The lowest BCUT2D eigenvalue weighted by molar-refractivity contribution is -0.136. The first kappa shape index (κ1) is 25.2. The lowest BCUT2D eigenvalue weighted by Gasteiger charge is -2.46. The van der Waals surface area contributed by atoms with Crippen molar-refractivity contribution in [3.63, 3.8) is 0 Å². The smallest absolute Gasteiger partial charge is 0.266 e. The number of rotatable bonds is 4. The number of anilines is 1. The molecule has 3 aromatic rings. The molecule has 11 heteroatoms. The third-order valence-corrected chi connectivity index (χ3v) is 7.99. The van der Waals surface area contributed by atoms with E-state index in [4.69, 9.17) is 4.74 Å². The van der Waals surface area contributed by atoms with Gasteiger partial charge < -0.3 is 19.1 Å². The molecule has 2 aromatic carbocycles. The van der Waals surface area contributed by atoms with Gasteiger partial charge in [0.2, 0.25) is 5.91 Å². The molecule has 202 valence electrons. The molecule has 2 fully saturated rings. The molecule has 1 saturated heterocycles. The zero-order valence-corrected chi connectivity index (χ0v) is 21.6. The van der Waals surface area contributed by atoms with Crippen molar-refractivity contribution >= 4 is 22.5 Å². The highest BCUT2D eigenvalue weighted by molar-refractivity contribution is 5.89. The normalized spacial score (nSPS) is 20.7. The van der Waals surface area contributed by atoms with Gasteiger partial charge in [-0.25, -0.2) is 18.2 Å². The Morgan fingerprint density at radius 1 is 1.26 bits per heavy atom. The number of piperazine rings is 1. The van der Waals surface area contributed by atoms with Crippen LogP contribution < -0.4 is 15.1 Å². The number of carbonyl (C=O) groups excluding carboxylic acids is 1. The number of amides is 1. The second-order valence-electron chi connectivity index (χ2n) is 10.5. The SMILES string of the molecule is C[C@@H](N=c1ncn(C)c2cc3c(cc12)N1CCN(C(=O)C2(C#N)CC2)C[C@@H]1CO3)c1cccc(C(F)F)c1F. The number of hydrogen-bond donors (Lipinski definition) is 0. The number of aryl methyl sites for hydroxylation is 1. The number of fused-ring (bicyclic) bond motifs is 4. The van der Waals surface area contributed by atoms with Crippen molar-refractivity contribution in [1.29, 1.82) is 5.26 Å². The van der Waals surface area contributed by atoms with E-state index in [-0.39, 0.29) is 17.5 Å². The van der Waals surface area contributed by atoms with Crippen molar-refractivity contribution in [2.75, 3.05) is 31.1 Å². The molecule has 0 radical (unpaired) electrons. The highest BCUT2D eigenvalue weighted by Crippen LogP contribution is 2.47. The molecule has 39 heavy (non-hydrogen) atoms. The largest absolute Gasteiger partial charge is 0.489 e. The van der Waals surface area contributed by atoms with Gasteiger partial charge in [0, 0.05) is 43.7 Å². The van der Waals surface area contributed by atoms with Crippen LogP contribution in [0.25, 0.3) is 10.9 Å². The van der Waals surface area contributed by atoms with Crippen molar-refractivity contribution in [3.8, 4) is 11.8 Å². The van der Waals surface area contributed by atoms with Gasteiger partial charge in [-0.2, -0.15) is 5.26 Å². The van der Waals surface area contributed by atoms with E-state index in [1.807, 2.05) is 23.7 Å². The molecule has 0 unspecified atom stereocenters.